The summed E-state index contributed by atoms with van der Waals surface area (Å²) in [5.41, 5.74) is 6.03. The standard InChI is InChI=1S/C15H23FN2O.ClH/c1-12(17)15-4-2-3-9-18(15)10-11-19-14-7-5-13(16)6-8-14;/h5-8,12,15H,2-4,9-11,17H2,1H3;1H. The predicted molar refractivity (Wildman–Crippen MR) is 82.0 cm³/mol. The quantitative estimate of drug-likeness (QED) is 0.909. The van der Waals surface area contributed by atoms with Gasteiger partial charge >= 0.3 is 0 Å². The van der Waals surface area contributed by atoms with Crippen molar-refractivity contribution >= 4 is 12.4 Å². The molecule has 3 nitrogen and oxygen atoms in total. The minimum atomic E-state index is -0.236. The van der Waals surface area contributed by atoms with E-state index in [2.05, 4.69) is 11.8 Å². The lowest BCUT2D eigenvalue weighted by Gasteiger charge is -2.37. The average molecular weight is 303 g/mol. The Hall–Kier alpha value is -0.840. The van der Waals surface area contributed by atoms with Crippen molar-refractivity contribution in [2.45, 2.75) is 38.3 Å². The monoisotopic (exact) mass is 302 g/mol. The number of ether oxygens (including phenoxy) is 1. The van der Waals surface area contributed by atoms with E-state index in [1.807, 2.05) is 0 Å². The Kier molecular flexibility index (Phi) is 7.27. The predicted octanol–water partition coefficient (Wildman–Crippen LogP) is 2.83. The van der Waals surface area contributed by atoms with Crippen molar-refractivity contribution in [2.75, 3.05) is 19.7 Å². The van der Waals surface area contributed by atoms with Crippen molar-refractivity contribution in [1.82, 2.24) is 4.90 Å². The van der Waals surface area contributed by atoms with E-state index in [4.69, 9.17) is 10.5 Å². The minimum absolute atomic E-state index is 0. The first-order valence-electron chi connectivity index (χ1n) is 7.05. The number of hydrogen-bond acceptors (Lipinski definition) is 3. The third-order valence-corrected chi connectivity index (χ3v) is 3.73. The molecule has 0 radical (unpaired) electrons. The van der Waals surface area contributed by atoms with E-state index >= 15 is 0 Å². The highest BCUT2D eigenvalue weighted by molar-refractivity contribution is 5.85. The van der Waals surface area contributed by atoms with E-state index in [1.54, 1.807) is 12.1 Å². The Balaban J connectivity index is 0.00000200. The molecule has 0 aromatic heterocycles. The maximum atomic E-state index is 12.8. The number of nitrogens with two attached hydrogens (primary N) is 1. The Labute approximate surface area is 126 Å². The number of rotatable bonds is 5. The van der Waals surface area contributed by atoms with Gasteiger partial charge in [-0.3, -0.25) is 4.90 Å². The Morgan fingerprint density at radius 1 is 1.35 bits per heavy atom. The number of nitrogens with zero attached hydrogens (tertiary/aromatic N) is 1. The molecule has 0 bridgehead atoms. The highest BCUT2D eigenvalue weighted by Crippen LogP contribution is 2.19. The SMILES string of the molecule is CC(N)C1CCCCN1CCOc1ccc(F)cc1.Cl. The first-order valence-corrected chi connectivity index (χ1v) is 7.05. The summed E-state index contributed by atoms with van der Waals surface area (Å²) in [4.78, 5) is 2.41. The molecule has 0 aliphatic carbocycles. The molecular weight excluding hydrogens is 279 g/mol. The second-order valence-electron chi connectivity index (χ2n) is 5.26. The molecular formula is C15H24ClFN2O. The van der Waals surface area contributed by atoms with E-state index in [-0.39, 0.29) is 24.3 Å². The van der Waals surface area contributed by atoms with Crippen LogP contribution in [0, 0.1) is 5.82 Å². The van der Waals surface area contributed by atoms with Crippen LogP contribution in [0.2, 0.25) is 0 Å². The number of halogens is 2. The van der Waals surface area contributed by atoms with Gasteiger partial charge in [-0.25, -0.2) is 4.39 Å². The van der Waals surface area contributed by atoms with Crippen LogP contribution in [0.25, 0.3) is 0 Å². The second-order valence-corrected chi connectivity index (χ2v) is 5.26. The minimum Gasteiger partial charge on any atom is -0.492 e. The van der Waals surface area contributed by atoms with E-state index in [0.717, 1.165) is 18.8 Å². The molecule has 2 unspecified atom stereocenters. The Morgan fingerprint density at radius 2 is 2.05 bits per heavy atom. The Morgan fingerprint density at radius 3 is 2.70 bits per heavy atom. The Bertz CT molecular complexity index is 386. The molecule has 1 aromatic rings. The fourth-order valence-electron chi connectivity index (χ4n) is 2.70. The zero-order valence-corrected chi connectivity index (χ0v) is 12.7. The molecule has 5 heteroatoms. The zero-order chi connectivity index (χ0) is 13.7. The van der Waals surface area contributed by atoms with Gasteiger partial charge in [0.25, 0.3) is 0 Å². The van der Waals surface area contributed by atoms with Gasteiger partial charge in [0.05, 0.1) is 0 Å². The van der Waals surface area contributed by atoms with Crippen molar-refractivity contribution in [3.63, 3.8) is 0 Å². The summed E-state index contributed by atoms with van der Waals surface area (Å²) in [7, 11) is 0. The molecule has 0 amide bonds. The molecule has 114 valence electrons. The molecule has 1 aromatic carbocycles. The van der Waals surface area contributed by atoms with Crippen molar-refractivity contribution in [1.29, 1.82) is 0 Å². The summed E-state index contributed by atoms with van der Waals surface area (Å²) in [6.07, 6.45) is 3.68. The summed E-state index contributed by atoms with van der Waals surface area (Å²) >= 11 is 0. The smallest absolute Gasteiger partial charge is 0.123 e. The van der Waals surface area contributed by atoms with Crippen LogP contribution >= 0.6 is 12.4 Å². The van der Waals surface area contributed by atoms with Crippen LogP contribution < -0.4 is 10.5 Å². The number of piperidine rings is 1. The zero-order valence-electron chi connectivity index (χ0n) is 11.9. The van der Waals surface area contributed by atoms with Crippen molar-refractivity contribution in [3.05, 3.63) is 30.1 Å². The topological polar surface area (TPSA) is 38.5 Å². The van der Waals surface area contributed by atoms with Crippen LogP contribution in [0.1, 0.15) is 26.2 Å². The maximum Gasteiger partial charge on any atom is 0.123 e. The van der Waals surface area contributed by atoms with E-state index < -0.39 is 0 Å². The number of likely N-dealkylation sites (tertiary alicyclic amines) is 1. The van der Waals surface area contributed by atoms with Gasteiger partial charge in [0.2, 0.25) is 0 Å². The van der Waals surface area contributed by atoms with Crippen molar-refractivity contribution in [2.24, 2.45) is 5.73 Å². The number of hydrogen-bond donors (Lipinski definition) is 1. The van der Waals surface area contributed by atoms with Crippen molar-refractivity contribution in [3.8, 4) is 5.75 Å². The van der Waals surface area contributed by atoms with E-state index in [9.17, 15) is 4.39 Å². The van der Waals surface area contributed by atoms with Crippen LogP contribution in [0.5, 0.6) is 5.75 Å². The summed E-state index contributed by atoms with van der Waals surface area (Å²) in [6.45, 7) is 4.67. The van der Waals surface area contributed by atoms with Gasteiger partial charge in [-0.05, 0) is 50.6 Å². The van der Waals surface area contributed by atoms with Gasteiger partial charge in [-0.15, -0.1) is 12.4 Å². The van der Waals surface area contributed by atoms with Gasteiger partial charge in [0, 0.05) is 18.6 Å². The lowest BCUT2D eigenvalue weighted by molar-refractivity contribution is 0.109. The normalized spacial score (nSPS) is 21.1. The van der Waals surface area contributed by atoms with Crippen LogP contribution in [0.15, 0.2) is 24.3 Å². The van der Waals surface area contributed by atoms with Gasteiger partial charge in [-0.1, -0.05) is 6.42 Å². The molecule has 1 aliphatic heterocycles. The van der Waals surface area contributed by atoms with Crippen LogP contribution in [-0.4, -0.2) is 36.7 Å². The van der Waals surface area contributed by atoms with E-state index in [0.29, 0.717) is 12.6 Å². The maximum absolute atomic E-state index is 12.8. The summed E-state index contributed by atoms with van der Waals surface area (Å²) in [5.74, 6) is 0.483. The van der Waals surface area contributed by atoms with Crippen LogP contribution in [0.4, 0.5) is 4.39 Å². The third-order valence-electron chi connectivity index (χ3n) is 3.73. The highest BCUT2D eigenvalue weighted by atomic mass is 35.5. The van der Waals surface area contributed by atoms with Gasteiger partial charge in [0.1, 0.15) is 18.2 Å². The molecule has 20 heavy (non-hydrogen) atoms. The molecule has 1 heterocycles. The first-order chi connectivity index (χ1) is 9.16. The molecule has 0 saturated carbocycles. The summed E-state index contributed by atoms with van der Waals surface area (Å²) in [6, 6.07) is 6.82. The molecule has 2 rings (SSSR count). The molecule has 1 fully saturated rings. The van der Waals surface area contributed by atoms with Gasteiger partial charge in [0.15, 0.2) is 0 Å². The van der Waals surface area contributed by atoms with Crippen LogP contribution in [0.3, 0.4) is 0 Å². The highest BCUT2D eigenvalue weighted by Gasteiger charge is 2.24. The molecule has 0 spiro atoms. The summed E-state index contributed by atoms with van der Waals surface area (Å²) < 4.78 is 18.4. The molecule has 2 atom stereocenters. The first kappa shape index (κ1) is 17.2. The van der Waals surface area contributed by atoms with Crippen molar-refractivity contribution < 1.29 is 9.13 Å². The molecule has 1 saturated heterocycles. The second kappa shape index (κ2) is 8.45. The van der Waals surface area contributed by atoms with Gasteiger partial charge < -0.3 is 10.5 Å². The molecule has 2 N–H and O–H groups in total. The largest absolute Gasteiger partial charge is 0.492 e. The average Bonchev–Trinajstić information content (AvgIpc) is 2.41. The van der Waals surface area contributed by atoms with Gasteiger partial charge in [-0.2, -0.15) is 0 Å². The lowest BCUT2D eigenvalue weighted by Crippen LogP contribution is -2.50. The lowest BCUT2D eigenvalue weighted by atomic mass is 9.97. The summed E-state index contributed by atoms with van der Waals surface area (Å²) in [5, 5.41) is 0. The van der Waals surface area contributed by atoms with E-state index in [1.165, 1.54) is 31.4 Å². The fraction of sp³-hybridized carbons (Fsp3) is 0.600. The molecule has 1 aliphatic rings. The van der Waals surface area contributed by atoms with Crippen LogP contribution in [-0.2, 0) is 0 Å². The number of benzene rings is 1. The fourth-order valence-corrected chi connectivity index (χ4v) is 2.70. The third kappa shape index (κ3) is 4.93.